The first kappa shape index (κ1) is 6.38. The SMILES string of the molecule is CN1C=C(CCN)N[NH2+]1. The number of rotatable bonds is 2. The molecule has 52 valence electrons. The second kappa shape index (κ2) is 2.70. The summed E-state index contributed by atoms with van der Waals surface area (Å²) < 4.78 is 0. The van der Waals surface area contributed by atoms with E-state index in [2.05, 4.69) is 5.43 Å². The number of nitrogens with one attached hydrogen (secondary N) is 1. The van der Waals surface area contributed by atoms with Crippen LogP contribution in [0.3, 0.4) is 0 Å². The van der Waals surface area contributed by atoms with E-state index in [9.17, 15) is 0 Å². The molecule has 5 N–H and O–H groups in total. The van der Waals surface area contributed by atoms with Gasteiger partial charge in [0, 0.05) is 6.42 Å². The lowest BCUT2D eigenvalue weighted by Crippen LogP contribution is -2.96. The smallest absolute Gasteiger partial charge is 0.0873 e. The Bertz CT molecular complexity index is 120. The lowest BCUT2D eigenvalue weighted by Gasteiger charge is -1.99. The van der Waals surface area contributed by atoms with Crippen LogP contribution in [0, 0.1) is 0 Å². The van der Waals surface area contributed by atoms with E-state index in [4.69, 9.17) is 5.73 Å². The molecular formula is C5H13N4+. The minimum absolute atomic E-state index is 0.709. The van der Waals surface area contributed by atoms with Crippen LogP contribution in [0.5, 0.6) is 0 Å². The molecular weight excluding hydrogens is 116 g/mol. The third kappa shape index (κ3) is 1.58. The highest BCUT2D eigenvalue weighted by molar-refractivity contribution is 4.96. The summed E-state index contributed by atoms with van der Waals surface area (Å²) in [6.45, 7) is 0.709. The van der Waals surface area contributed by atoms with Crippen molar-refractivity contribution in [2.24, 2.45) is 5.73 Å². The highest BCUT2D eigenvalue weighted by Crippen LogP contribution is 1.94. The van der Waals surface area contributed by atoms with E-state index in [-0.39, 0.29) is 0 Å². The summed E-state index contributed by atoms with van der Waals surface area (Å²) in [6.07, 6.45) is 2.97. The second-order valence-corrected chi connectivity index (χ2v) is 2.13. The van der Waals surface area contributed by atoms with Crippen LogP contribution in [-0.2, 0) is 0 Å². The molecule has 4 nitrogen and oxygen atoms in total. The maximum absolute atomic E-state index is 5.34. The van der Waals surface area contributed by atoms with Gasteiger partial charge in [-0.15, -0.1) is 5.53 Å². The van der Waals surface area contributed by atoms with Crippen molar-refractivity contribution in [3.05, 3.63) is 11.9 Å². The predicted octanol–water partition coefficient (Wildman–Crippen LogP) is -1.89. The molecule has 4 heteroatoms. The molecule has 0 aliphatic carbocycles. The molecule has 1 rings (SSSR count). The van der Waals surface area contributed by atoms with E-state index >= 15 is 0 Å². The standard InChI is InChI=1S/C5H12N4/c1-9-4-5(2-3-6)7-8-9/h4,7-8H,2-3,6H2,1H3/p+1. The summed E-state index contributed by atoms with van der Waals surface area (Å²) in [7, 11) is 1.98. The van der Waals surface area contributed by atoms with E-state index in [1.807, 2.05) is 23.8 Å². The first-order chi connectivity index (χ1) is 4.33. The molecule has 0 unspecified atom stereocenters. The molecule has 0 saturated heterocycles. The summed E-state index contributed by atoms with van der Waals surface area (Å²) in [4.78, 5) is 0. The van der Waals surface area contributed by atoms with Crippen LogP contribution >= 0.6 is 0 Å². The minimum atomic E-state index is 0.709. The Morgan fingerprint density at radius 2 is 2.67 bits per heavy atom. The summed E-state index contributed by atoms with van der Waals surface area (Å²) >= 11 is 0. The Balaban J connectivity index is 2.33. The average Bonchev–Trinajstić information content (AvgIpc) is 2.17. The number of quaternary nitrogens is 1. The van der Waals surface area contributed by atoms with Crippen LogP contribution in [0.25, 0.3) is 0 Å². The molecule has 1 aliphatic rings. The van der Waals surface area contributed by atoms with Crippen molar-refractivity contribution in [3.8, 4) is 0 Å². The quantitative estimate of drug-likeness (QED) is 0.382. The van der Waals surface area contributed by atoms with Gasteiger partial charge in [0.15, 0.2) is 0 Å². The number of nitrogens with zero attached hydrogens (tertiary/aromatic N) is 1. The van der Waals surface area contributed by atoms with Crippen LogP contribution in [0.1, 0.15) is 6.42 Å². The number of hydrogen-bond acceptors (Lipinski definition) is 3. The van der Waals surface area contributed by atoms with Crippen molar-refractivity contribution < 1.29 is 5.53 Å². The Morgan fingerprint density at radius 3 is 3.11 bits per heavy atom. The fraction of sp³-hybridized carbons (Fsp3) is 0.600. The van der Waals surface area contributed by atoms with Crippen molar-refractivity contribution in [1.29, 1.82) is 0 Å². The van der Waals surface area contributed by atoms with Crippen LogP contribution in [-0.4, -0.2) is 18.6 Å². The molecule has 0 fully saturated rings. The molecule has 0 radical (unpaired) electrons. The maximum Gasteiger partial charge on any atom is 0.0873 e. The highest BCUT2D eigenvalue weighted by Gasteiger charge is 2.07. The van der Waals surface area contributed by atoms with E-state index in [1.54, 1.807) is 0 Å². The fourth-order valence-electron chi connectivity index (χ4n) is 0.797. The normalized spacial score (nSPS) is 17.6. The zero-order valence-electron chi connectivity index (χ0n) is 5.59. The maximum atomic E-state index is 5.34. The van der Waals surface area contributed by atoms with E-state index in [1.165, 1.54) is 5.70 Å². The van der Waals surface area contributed by atoms with Gasteiger partial charge in [0.25, 0.3) is 0 Å². The molecule has 0 aromatic heterocycles. The van der Waals surface area contributed by atoms with Crippen molar-refractivity contribution in [2.75, 3.05) is 13.6 Å². The van der Waals surface area contributed by atoms with Crippen LogP contribution < -0.4 is 16.7 Å². The van der Waals surface area contributed by atoms with E-state index in [0.717, 1.165) is 6.42 Å². The topological polar surface area (TPSA) is 57.9 Å². The zero-order chi connectivity index (χ0) is 6.69. The molecule has 0 amide bonds. The van der Waals surface area contributed by atoms with Gasteiger partial charge in [-0.25, -0.2) is 10.4 Å². The average molecular weight is 129 g/mol. The largest absolute Gasteiger partial charge is 0.330 e. The van der Waals surface area contributed by atoms with Gasteiger partial charge < -0.3 is 5.73 Å². The van der Waals surface area contributed by atoms with Crippen molar-refractivity contribution in [3.63, 3.8) is 0 Å². The predicted molar refractivity (Wildman–Crippen MR) is 34.6 cm³/mol. The van der Waals surface area contributed by atoms with Gasteiger partial charge in [-0.05, 0) is 6.54 Å². The molecule has 0 atom stereocenters. The minimum Gasteiger partial charge on any atom is -0.330 e. The summed E-state index contributed by atoms with van der Waals surface area (Å²) in [6, 6.07) is 0. The Morgan fingerprint density at radius 1 is 1.89 bits per heavy atom. The fourth-order valence-corrected chi connectivity index (χ4v) is 0.797. The third-order valence-corrected chi connectivity index (χ3v) is 1.23. The zero-order valence-corrected chi connectivity index (χ0v) is 5.59. The van der Waals surface area contributed by atoms with E-state index < -0.39 is 0 Å². The van der Waals surface area contributed by atoms with E-state index in [0.29, 0.717) is 6.54 Å². The monoisotopic (exact) mass is 129 g/mol. The molecule has 0 aromatic rings. The summed E-state index contributed by atoms with van der Waals surface area (Å²) in [5.41, 5.74) is 11.5. The number of hydrogen-bond donors (Lipinski definition) is 3. The highest BCUT2D eigenvalue weighted by atomic mass is 15.7. The van der Waals surface area contributed by atoms with Crippen molar-refractivity contribution in [1.82, 2.24) is 10.4 Å². The number of nitrogens with two attached hydrogens (primary N) is 2. The van der Waals surface area contributed by atoms with Crippen LogP contribution in [0.4, 0.5) is 0 Å². The lowest BCUT2D eigenvalue weighted by molar-refractivity contribution is -0.818. The molecule has 0 aromatic carbocycles. The molecule has 0 spiro atoms. The van der Waals surface area contributed by atoms with Gasteiger partial charge in [0.1, 0.15) is 0 Å². The summed E-state index contributed by atoms with van der Waals surface area (Å²) in [5.74, 6) is 0. The van der Waals surface area contributed by atoms with Gasteiger partial charge in [-0.3, -0.25) is 0 Å². The van der Waals surface area contributed by atoms with Gasteiger partial charge in [-0.2, -0.15) is 0 Å². The Hall–Kier alpha value is -0.740. The van der Waals surface area contributed by atoms with Gasteiger partial charge in [0.05, 0.1) is 18.9 Å². The first-order valence-corrected chi connectivity index (χ1v) is 3.05. The third-order valence-electron chi connectivity index (χ3n) is 1.23. The van der Waals surface area contributed by atoms with Gasteiger partial charge in [-0.1, -0.05) is 0 Å². The molecule has 0 bridgehead atoms. The molecule has 1 aliphatic heterocycles. The van der Waals surface area contributed by atoms with Gasteiger partial charge in [0.2, 0.25) is 0 Å². The van der Waals surface area contributed by atoms with Crippen LogP contribution in [0.2, 0.25) is 0 Å². The molecule has 9 heavy (non-hydrogen) atoms. The van der Waals surface area contributed by atoms with Crippen molar-refractivity contribution >= 4 is 0 Å². The van der Waals surface area contributed by atoms with Gasteiger partial charge >= 0.3 is 0 Å². The first-order valence-electron chi connectivity index (χ1n) is 3.05. The lowest BCUT2D eigenvalue weighted by atomic mass is 10.3. The second-order valence-electron chi connectivity index (χ2n) is 2.13. The molecule has 0 saturated carbocycles. The summed E-state index contributed by atoms with van der Waals surface area (Å²) in [5, 5.41) is 1.98. The Labute approximate surface area is 54.6 Å². The van der Waals surface area contributed by atoms with Crippen LogP contribution in [0.15, 0.2) is 11.9 Å². The Kier molecular flexibility index (Phi) is 1.92. The molecule has 1 heterocycles. The van der Waals surface area contributed by atoms with Crippen molar-refractivity contribution in [2.45, 2.75) is 6.42 Å².